The predicted octanol–water partition coefficient (Wildman–Crippen LogP) is 4.23. The molecule has 21 heavy (non-hydrogen) atoms. The van der Waals surface area contributed by atoms with Gasteiger partial charge in [-0.15, -0.1) is 0 Å². The molecule has 0 fully saturated rings. The third-order valence-electron chi connectivity index (χ3n) is 4.25. The van der Waals surface area contributed by atoms with Crippen molar-refractivity contribution in [1.29, 1.82) is 0 Å². The van der Waals surface area contributed by atoms with Crippen molar-refractivity contribution in [2.75, 3.05) is 0 Å². The van der Waals surface area contributed by atoms with E-state index in [1.165, 1.54) is 0 Å². The number of hydrogen-bond acceptors (Lipinski definition) is 2. The van der Waals surface area contributed by atoms with E-state index in [0.29, 0.717) is 24.7 Å². The highest BCUT2D eigenvalue weighted by Crippen LogP contribution is 2.32. The number of benzene rings is 1. The molecule has 110 valence electrons. The summed E-state index contributed by atoms with van der Waals surface area (Å²) in [4.78, 5) is 23.1. The fraction of sp³-hybridized carbons (Fsp3) is 0.368. The second kappa shape index (κ2) is 7.72. The number of hydrogen-bond donors (Lipinski definition) is 0. The largest absolute Gasteiger partial charge is 0.303 e. The Balaban J connectivity index is 1.97. The molecule has 0 radical (unpaired) electrons. The molecule has 3 atom stereocenters. The first kappa shape index (κ1) is 15.4. The zero-order valence-corrected chi connectivity index (χ0v) is 12.4. The molecule has 2 heteroatoms. The van der Waals surface area contributed by atoms with Crippen LogP contribution in [-0.2, 0) is 4.79 Å². The topological polar surface area (TPSA) is 34.1 Å². The van der Waals surface area contributed by atoms with Crippen LogP contribution in [0.5, 0.6) is 0 Å². The van der Waals surface area contributed by atoms with Crippen LogP contribution in [0.3, 0.4) is 0 Å². The van der Waals surface area contributed by atoms with Crippen LogP contribution in [0.4, 0.5) is 0 Å². The van der Waals surface area contributed by atoms with Gasteiger partial charge >= 0.3 is 0 Å². The lowest BCUT2D eigenvalue weighted by Crippen LogP contribution is -2.21. The molecule has 0 saturated carbocycles. The van der Waals surface area contributed by atoms with E-state index in [9.17, 15) is 9.59 Å². The smallest absolute Gasteiger partial charge is 0.162 e. The summed E-state index contributed by atoms with van der Waals surface area (Å²) in [7, 11) is 0. The van der Waals surface area contributed by atoms with Crippen LogP contribution >= 0.6 is 0 Å². The third-order valence-corrected chi connectivity index (χ3v) is 4.25. The molecule has 0 bridgehead atoms. The van der Waals surface area contributed by atoms with E-state index in [-0.39, 0.29) is 11.7 Å². The van der Waals surface area contributed by atoms with E-state index in [1.54, 1.807) is 0 Å². The van der Waals surface area contributed by atoms with E-state index in [2.05, 4.69) is 19.1 Å². The van der Waals surface area contributed by atoms with E-state index in [4.69, 9.17) is 0 Å². The summed E-state index contributed by atoms with van der Waals surface area (Å²) in [6.07, 6.45) is 11.2. The molecule has 2 rings (SSSR count). The maximum atomic E-state index is 12.2. The van der Waals surface area contributed by atoms with Crippen molar-refractivity contribution < 1.29 is 9.59 Å². The van der Waals surface area contributed by atoms with Crippen molar-refractivity contribution in [3.8, 4) is 0 Å². The first-order valence-electron chi connectivity index (χ1n) is 7.59. The molecule has 0 saturated heterocycles. The Labute approximate surface area is 126 Å². The Bertz CT molecular complexity index is 528. The number of allylic oxidation sites excluding steroid dienone is 4. The minimum absolute atomic E-state index is 0.162. The summed E-state index contributed by atoms with van der Waals surface area (Å²) < 4.78 is 0. The average Bonchev–Trinajstić information content (AvgIpc) is 2.53. The van der Waals surface area contributed by atoms with Gasteiger partial charge in [0, 0.05) is 18.4 Å². The monoisotopic (exact) mass is 282 g/mol. The molecule has 0 amide bonds. The Kier molecular flexibility index (Phi) is 5.68. The first-order valence-corrected chi connectivity index (χ1v) is 7.59. The molecule has 0 spiro atoms. The van der Waals surface area contributed by atoms with Crippen LogP contribution in [0.15, 0.2) is 54.6 Å². The van der Waals surface area contributed by atoms with Crippen LogP contribution < -0.4 is 0 Å². The number of carbonyl (C=O) groups excluding carboxylic acids is 2. The molecule has 1 aromatic carbocycles. The van der Waals surface area contributed by atoms with E-state index >= 15 is 0 Å². The standard InChI is InChI=1S/C19H22O2/c1-15-7-5-6-10-18(15)16(13-14-20)11-12-19(21)17-8-3-2-4-9-17/h2-10,14-16,18H,11-13H2,1H3/t15?,16?,18-/m0/s1. The lowest BCUT2D eigenvalue weighted by atomic mass is 9.76. The highest BCUT2D eigenvalue weighted by atomic mass is 16.1. The van der Waals surface area contributed by atoms with Crippen molar-refractivity contribution in [2.45, 2.75) is 26.2 Å². The van der Waals surface area contributed by atoms with Crippen molar-refractivity contribution in [3.63, 3.8) is 0 Å². The van der Waals surface area contributed by atoms with E-state index < -0.39 is 0 Å². The zero-order chi connectivity index (χ0) is 15.1. The lowest BCUT2D eigenvalue weighted by molar-refractivity contribution is -0.109. The van der Waals surface area contributed by atoms with Gasteiger partial charge in [0.25, 0.3) is 0 Å². The van der Waals surface area contributed by atoms with Gasteiger partial charge in [-0.1, -0.05) is 61.6 Å². The quantitative estimate of drug-likeness (QED) is 0.554. The van der Waals surface area contributed by atoms with Gasteiger partial charge in [-0.3, -0.25) is 4.79 Å². The SMILES string of the molecule is CC1C=CC=C[C@@H]1C(CC=O)CCC(=O)c1ccccc1. The van der Waals surface area contributed by atoms with Crippen LogP contribution in [0, 0.1) is 17.8 Å². The number of rotatable bonds is 7. The fourth-order valence-corrected chi connectivity index (χ4v) is 3.00. The summed E-state index contributed by atoms with van der Waals surface area (Å²) in [6, 6.07) is 9.37. The molecule has 1 aliphatic rings. The molecule has 1 aliphatic carbocycles. The van der Waals surface area contributed by atoms with Gasteiger partial charge in [-0.05, 0) is 24.2 Å². The summed E-state index contributed by atoms with van der Waals surface area (Å²) in [5.74, 6) is 1.18. The van der Waals surface area contributed by atoms with Gasteiger partial charge in [-0.2, -0.15) is 0 Å². The van der Waals surface area contributed by atoms with Gasteiger partial charge in [0.15, 0.2) is 5.78 Å². The lowest BCUT2D eigenvalue weighted by Gasteiger charge is -2.28. The molecular formula is C19H22O2. The number of aldehydes is 1. The fourth-order valence-electron chi connectivity index (χ4n) is 3.00. The van der Waals surface area contributed by atoms with Crippen molar-refractivity contribution in [2.24, 2.45) is 17.8 Å². The molecule has 0 aliphatic heterocycles. The summed E-state index contributed by atoms with van der Waals surface area (Å²) >= 11 is 0. The molecule has 0 heterocycles. The zero-order valence-electron chi connectivity index (χ0n) is 12.4. The number of carbonyl (C=O) groups is 2. The average molecular weight is 282 g/mol. The Hall–Kier alpha value is -1.96. The van der Waals surface area contributed by atoms with Gasteiger partial charge in [-0.25, -0.2) is 0 Å². The minimum Gasteiger partial charge on any atom is -0.303 e. The second-order valence-corrected chi connectivity index (χ2v) is 5.70. The van der Waals surface area contributed by atoms with Crippen LogP contribution in [-0.4, -0.2) is 12.1 Å². The maximum absolute atomic E-state index is 12.2. The predicted molar refractivity (Wildman–Crippen MR) is 85.1 cm³/mol. The number of ketones is 1. The summed E-state index contributed by atoms with van der Waals surface area (Å²) in [5.41, 5.74) is 0.759. The van der Waals surface area contributed by atoms with Crippen molar-refractivity contribution >= 4 is 12.1 Å². The van der Waals surface area contributed by atoms with Crippen molar-refractivity contribution in [1.82, 2.24) is 0 Å². The highest BCUT2D eigenvalue weighted by Gasteiger charge is 2.24. The van der Waals surface area contributed by atoms with E-state index in [1.807, 2.05) is 42.5 Å². The Morgan fingerprint density at radius 2 is 1.90 bits per heavy atom. The van der Waals surface area contributed by atoms with Gasteiger partial charge in [0.1, 0.15) is 6.29 Å². The van der Waals surface area contributed by atoms with Crippen LogP contribution in [0.25, 0.3) is 0 Å². The maximum Gasteiger partial charge on any atom is 0.162 e. The first-order chi connectivity index (χ1) is 10.2. The molecule has 1 aromatic rings. The minimum atomic E-state index is 0.162. The summed E-state index contributed by atoms with van der Waals surface area (Å²) in [6.45, 7) is 2.17. The molecule has 2 nitrogen and oxygen atoms in total. The molecule has 0 aromatic heterocycles. The summed E-state index contributed by atoms with van der Waals surface area (Å²) in [5, 5.41) is 0. The highest BCUT2D eigenvalue weighted by molar-refractivity contribution is 5.95. The van der Waals surface area contributed by atoms with Crippen LogP contribution in [0.1, 0.15) is 36.5 Å². The number of Topliss-reactive ketones (excluding diaryl/α,β-unsaturated/α-hetero) is 1. The Morgan fingerprint density at radius 3 is 2.57 bits per heavy atom. The van der Waals surface area contributed by atoms with Crippen LogP contribution in [0.2, 0.25) is 0 Å². The third kappa shape index (κ3) is 4.25. The second-order valence-electron chi connectivity index (χ2n) is 5.70. The van der Waals surface area contributed by atoms with Gasteiger partial charge in [0.05, 0.1) is 0 Å². The molecular weight excluding hydrogens is 260 g/mol. The molecule has 0 N–H and O–H groups in total. The van der Waals surface area contributed by atoms with Crippen molar-refractivity contribution in [3.05, 3.63) is 60.2 Å². The van der Waals surface area contributed by atoms with Gasteiger partial charge in [0.2, 0.25) is 0 Å². The van der Waals surface area contributed by atoms with E-state index in [0.717, 1.165) is 18.3 Å². The van der Waals surface area contributed by atoms with Gasteiger partial charge < -0.3 is 4.79 Å². The Morgan fingerprint density at radius 1 is 1.19 bits per heavy atom. The molecule has 2 unspecified atom stereocenters. The normalized spacial score (nSPS) is 22.0.